The summed E-state index contributed by atoms with van der Waals surface area (Å²) in [5, 5.41) is 11.2. The van der Waals surface area contributed by atoms with Gasteiger partial charge in [-0.15, -0.1) is 0 Å². The van der Waals surface area contributed by atoms with Crippen LogP contribution in [0.15, 0.2) is 59.5 Å². The van der Waals surface area contributed by atoms with E-state index in [2.05, 4.69) is 0 Å². The van der Waals surface area contributed by atoms with Crippen molar-refractivity contribution in [2.24, 2.45) is 0 Å². The zero-order valence-electron chi connectivity index (χ0n) is 12.0. The first-order valence-corrected chi connectivity index (χ1v) is 8.37. The van der Waals surface area contributed by atoms with Crippen LogP contribution in [0, 0.1) is 10.1 Å². The number of nitrogens with zero attached hydrogens (tertiary/aromatic N) is 2. The minimum atomic E-state index is -4.07. The van der Waals surface area contributed by atoms with Crippen molar-refractivity contribution in [3.63, 3.8) is 0 Å². The molecule has 1 aliphatic rings. The third-order valence-corrected chi connectivity index (χ3v) is 5.29. The Balaban J connectivity index is 2.09. The van der Waals surface area contributed by atoms with Crippen LogP contribution in [-0.4, -0.2) is 32.6 Å². The average Bonchev–Trinajstić information content (AvgIpc) is 3.37. The highest BCUT2D eigenvalue weighted by Crippen LogP contribution is 2.31. The monoisotopic (exact) mass is 334 g/mol. The Kier molecular flexibility index (Phi) is 4.01. The van der Waals surface area contributed by atoms with E-state index in [9.17, 15) is 18.5 Å². The number of hydrogen-bond donors (Lipinski definition) is 0. The van der Waals surface area contributed by atoms with Crippen molar-refractivity contribution in [3.8, 4) is 0 Å². The predicted molar refractivity (Wildman–Crippen MR) is 83.8 cm³/mol. The van der Waals surface area contributed by atoms with Crippen LogP contribution >= 0.6 is 0 Å². The predicted octanol–water partition coefficient (Wildman–Crippen LogP) is 2.19. The van der Waals surface area contributed by atoms with E-state index in [0.29, 0.717) is 12.3 Å². The second-order valence-corrected chi connectivity index (χ2v) is 6.88. The summed E-state index contributed by atoms with van der Waals surface area (Å²) in [6, 6.07) is 13.8. The SMILES string of the molecule is O=[N+]([O-])c1ccccc1S(=O)(=O)N(C[C@H]1CO1)c1ccccc1. The molecule has 2 aromatic carbocycles. The van der Waals surface area contributed by atoms with Crippen LogP contribution in [0.3, 0.4) is 0 Å². The van der Waals surface area contributed by atoms with Crippen LogP contribution in [0.5, 0.6) is 0 Å². The summed E-state index contributed by atoms with van der Waals surface area (Å²) in [5.41, 5.74) is 0.00583. The number of epoxide rings is 1. The van der Waals surface area contributed by atoms with Gasteiger partial charge in [-0.2, -0.15) is 0 Å². The number of benzene rings is 2. The number of para-hydroxylation sites is 2. The van der Waals surface area contributed by atoms with E-state index >= 15 is 0 Å². The van der Waals surface area contributed by atoms with Crippen LogP contribution in [-0.2, 0) is 14.8 Å². The Morgan fingerprint density at radius 3 is 2.35 bits per heavy atom. The van der Waals surface area contributed by atoms with Crippen LogP contribution in [0.25, 0.3) is 0 Å². The number of nitro benzene ring substituents is 1. The fraction of sp³-hybridized carbons (Fsp3) is 0.200. The molecular weight excluding hydrogens is 320 g/mol. The number of hydrogen-bond acceptors (Lipinski definition) is 5. The number of nitro groups is 1. The van der Waals surface area contributed by atoms with Crippen molar-refractivity contribution < 1.29 is 18.1 Å². The van der Waals surface area contributed by atoms with Crippen LogP contribution in [0.2, 0.25) is 0 Å². The molecule has 120 valence electrons. The van der Waals surface area contributed by atoms with E-state index in [4.69, 9.17) is 4.74 Å². The maximum Gasteiger partial charge on any atom is 0.289 e. The van der Waals surface area contributed by atoms with Crippen molar-refractivity contribution in [2.75, 3.05) is 17.5 Å². The zero-order chi connectivity index (χ0) is 16.4. The van der Waals surface area contributed by atoms with Gasteiger partial charge in [-0.3, -0.25) is 14.4 Å². The van der Waals surface area contributed by atoms with Crippen LogP contribution < -0.4 is 4.31 Å². The molecule has 1 fully saturated rings. The lowest BCUT2D eigenvalue weighted by Crippen LogP contribution is -2.34. The van der Waals surface area contributed by atoms with Crippen molar-refractivity contribution in [1.82, 2.24) is 0 Å². The molecule has 1 aliphatic heterocycles. The highest BCUT2D eigenvalue weighted by Gasteiger charge is 2.36. The lowest BCUT2D eigenvalue weighted by Gasteiger charge is -2.23. The first-order chi connectivity index (χ1) is 11.0. The number of anilines is 1. The third-order valence-electron chi connectivity index (χ3n) is 3.45. The molecule has 0 aliphatic carbocycles. The molecule has 0 bridgehead atoms. The summed E-state index contributed by atoms with van der Waals surface area (Å²) >= 11 is 0. The van der Waals surface area contributed by atoms with E-state index in [1.807, 2.05) is 0 Å². The molecule has 0 spiro atoms. The molecule has 8 heteroatoms. The molecule has 2 aromatic rings. The Hall–Kier alpha value is -2.45. The second-order valence-electron chi connectivity index (χ2n) is 5.05. The minimum absolute atomic E-state index is 0.123. The Bertz CT molecular complexity index is 819. The van der Waals surface area contributed by atoms with Crippen molar-refractivity contribution >= 4 is 21.4 Å². The van der Waals surface area contributed by atoms with E-state index in [0.717, 1.165) is 4.31 Å². The van der Waals surface area contributed by atoms with Crippen molar-refractivity contribution in [3.05, 3.63) is 64.7 Å². The summed E-state index contributed by atoms with van der Waals surface area (Å²) in [4.78, 5) is 10.1. The van der Waals surface area contributed by atoms with Crippen LogP contribution in [0.4, 0.5) is 11.4 Å². The summed E-state index contributed by atoms with van der Waals surface area (Å²) in [5.74, 6) is 0. The third kappa shape index (κ3) is 3.17. The lowest BCUT2D eigenvalue weighted by atomic mass is 10.3. The quantitative estimate of drug-likeness (QED) is 0.458. The van der Waals surface area contributed by atoms with E-state index < -0.39 is 20.6 Å². The van der Waals surface area contributed by atoms with Gasteiger partial charge < -0.3 is 4.74 Å². The van der Waals surface area contributed by atoms with Gasteiger partial charge in [0, 0.05) is 6.07 Å². The highest BCUT2D eigenvalue weighted by atomic mass is 32.2. The normalized spacial score (nSPS) is 16.8. The molecule has 0 saturated carbocycles. The smallest absolute Gasteiger partial charge is 0.289 e. The molecule has 1 atom stereocenters. The zero-order valence-corrected chi connectivity index (χ0v) is 12.8. The van der Waals surface area contributed by atoms with Gasteiger partial charge in [-0.05, 0) is 18.2 Å². The molecule has 7 nitrogen and oxygen atoms in total. The number of ether oxygens (including phenoxy) is 1. The first-order valence-electron chi connectivity index (χ1n) is 6.93. The van der Waals surface area contributed by atoms with Gasteiger partial charge in [-0.1, -0.05) is 30.3 Å². The summed E-state index contributed by atoms with van der Waals surface area (Å²) in [6.07, 6.45) is -0.187. The lowest BCUT2D eigenvalue weighted by molar-refractivity contribution is -0.387. The van der Waals surface area contributed by atoms with Crippen molar-refractivity contribution in [2.45, 2.75) is 11.0 Å². The maximum absolute atomic E-state index is 13.0. The van der Waals surface area contributed by atoms with Gasteiger partial charge in [-0.25, -0.2) is 8.42 Å². The second kappa shape index (κ2) is 5.98. The van der Waals surface area contributed by atoms with Gasteiger partial charge in [0.05, 0.1) is 29.9 Å². The molecule has 0 N–H and O–H groups in total. The first kappa shape index (κ1) is 15.4. The summed E-state index contributed by atoms with van der Waals surface area (Å²) in [7, 11) is -4.07. The van der Waals surface area contributed by atoms with Crippen molar-refractivity contribution in [1.29, 1.82) is 0 Å². The molecular formula is C15H14N2O5S. The maximum atomic E-state index is 13.0. The van der Waals surface area contributed by atoms with Gasteiger partial charge in [0.2, 0.25) is 0 Å². The molecule has 1 heterocycles. The summed E-state index contributed by atoms with van der Waals surface area (Å²) in [6.45, 7) is 0.605. The Morgan fingerprint density at radius 2 is 1.74 bits per heavy atom. The summed E-state index contributed by atoms with van der Waals surface area (Å²) < 4.78 is 32.3. The molecule has 0 amide bonds. The van der Waals surface area contributed by atoms with E-state index in [1.165, 1.54) is 24.3 Å². The van der Waals surface area contributed by atoms with Gasteiger partial charge in [0.25, 0.3) is 15.7 Å². The minimum Gasteiger partial charge on any atom is -0.371 e. The topological polar surface area (TPSA) is 93.0 Å². The van der Waals surface area contributed by atoms with Crippen LogP contribution in [0.1, 0.15) is 0 Å². The van der Waals surface area contributed by atoms with Gasteiger partial charge in [0.15, 0.2) is 4.90 Å². The Labute approximate surface area is 133 Å². The number of rotatable bonds is 6. The molecule has 3 rings (SSSR count). The fourth-order valence-corrected chi connectivity index (χ4v) is 3.90. The number of sulfonamides is 1. The average molecular weight is 334 g/mol. The molecule has 0 unspecified atom stereocenters. The Morgan fingerprint density at radius 1 is 1.13 bits per heavy atom. The van der Waals surface area contributed by atoms with Gasteiger partial charge in [0.1, 0.15) is 0 Å². The van der Waals surface area contributed by atoms with Gasteiger partial charge >= 0.3 is 0 Å². The van der Waals surface area contributed by atoms with E-state index in [1.54, 1.807) is 30.3 Å². The highest BCUT2D eigenvalue weighted by molar-refractivity contribution is 7.93. The fourth-order valence-electron chi connectivity index (χ4n) is 2.24. The molecule has 23 heavy (non-hydrogen) atoms. The van der Waals surface area contributed by atoms with E-state index in [-0.39, 0.29) is 17.5 Å². The standard InChI is InChI=1S/C15H14N2O5S/c18-17(19)14-8-4-5-9-15(14)23(20,21)16(10-13-11-22-13)12-6-2-1-3-7-12/h1-9,13H,10-11H2/t13-/m0/s1. The molecule has 0 aromatic heterocycles. The molecule has 1 saturated heterocycles. The molecule has 0 radical (unpaired) electrons. The largest absolute Gasteiger partial charge is 0.371 e.